The molecule has 80 valence electrons. The van der Waals surface area contributed by atoms with Crippen LogP contribution in [0.3, 0.4) is 0 Å². The second-order valence-electron chi connectivity index (χ2n) is 2.59. The lowest BCUT2D eigenvalue weighted by molar-refractivity contribution is 0.0526. The SMILES string of the molecule is CCOC(=O)c1cnc(Cl)c(C(=O)O)c1. The molecule has 0 saturated heterocycles. The summed E-state index contributed by atoms with van der Waals surface area (Å²) in [4.78, 5) is 25.5. The van der Waals surface area contributed by atoms with Crippen molar-refractivity contribution in [3.05, 3.63) is 28.5 Å². The molecule has 6 heteroatoms. The highest BCUT2D eigenvalue weighted by Gasteiger charge is 2.14. The summed E-state index contributed by atoms with van der Waals surface area (Å²) in [5, 5.41) is 8.57. The van der Waals surface area contributed by atoms with Crippen LogP contribution in [0.25, 0.3) is 0 Å². The standard InChI is InChI=1S/C9H8ClNO4/c1-2-15-9(14)5-3-6(8(12)13)7(10)11-4-5/h3-4H,2H2,1H3,(H,12,13). The van der Waals surface area contributed by atoms with Gasteiger partial charge in [0.2, 0.25) is 0 Å². The van der Waals surface area contributed by atoms with E-state index < -0.39 is 11.9 Å². The molecule has 0 saturated carbocycles. The Morgan fingerprint density at radius 2 is 2.27 bits per heavy atom. The lowest BCUT2D eigenvalue weighted by atomic mass is 10.2. The van der Waals surface area contributed by atoms with E-state index in [1.54, 1.807) is 6.92 Å². The van der Waals surface area contributed by atoms with Gasteiger partial charge in [0, 0.05) is 6.20 Å². The number of hydrogen-bond donors (Lipinski definition) is 1. The number of carboxylic acids is 1. The molecule has 1 aromatic heterocycles. The van der Waals surface area contributed by atoms with Crippen LogP contribution >= 0.6 is 11.6 Å². The fourth-order valence-electron chi connectivity index (χ4n) is 0.924. The Morgan fingerprint density at radius 3 is 2.80 bits per heavy atom. The smallest absolute Gasteiger partial charge is 0.339 e. The summed E-state index contributed by atoms with van der Waals surface area (Å²) in [7, 11) is 0. The third kappa shape index (κ3) is 2.66. The van der Waals surface area contributed by atoms with E-state index >= 15 is 0 Å². The molecular weight excluding hydrogens is 222 g/mol. The first-order valence-electron chi connectivity index (χ1n) is 4.12. The van der Waals surface area contributed by atoms with Gasteiger partial charge in [-0.05, 0) is 13.0 Å². The lowest BCUT2D eigenvalue weighted by Gasteiger charge is -2.03. The van der Waals surface area contributed by atoms with E-state index in [1.807, 2.05) is 0 Å². The fraction of sp³-hybridized carbons (Fsp3) is 0.222. The summed E-state index contributed by atoms with van der Waals surface area (Å²) in [6.45, 7) is 1.86. The molecule has 0 bridgehead atoms. The third-order valence-corrected chi connectivity index (χ3v) is 1.88. The van der Waals surface area contributed by atoms with Crippen molar-refractivity contribution < 1.29 is 19.4 Å². The third-order valence-electron chi connectivity index (χ3n) is 1.58. The minimum atomic E-state index is -1.24. The van der Waals surface area contributed by atoms with Crippen molar-refractivity contribution in [1.82, 2.24) is 4.98 Å². The van der Waals surface area contributed by atoms with Crippen LogP contribution in [0.5, 0.6) is 0 Å². The first kappa shape index (κ1) is 11.5. The Bertz CT molecular complexity index is 405. The van der Waals surface area contributed by atoms with Gasteiger partial charge in [-0.2, -0.15) is 0 Å². The number of pyridine rings is 1. The second-order valence-corrected chi connectivity index (χ2v) is 2.95. The summed E-state index contributed by atoms with van der Waals surface area (Å²) in [6, 6.07) is 1.13. The van der Waals surface area contributed by atoms with Crippen LogP contribution in [0, 0.1) is 0 Å². The van der Waals surface area contributed by atoms with Crippen LogP contribution in [-0.4, -0.2) is 28.6 Å². The number of aromatic nitrogens is 1. The Labute approximate surface area is 90.6 Å². The Morgan fingerprint density at radius 1 is 1.60 bits per heavy atom. The molecule has 15 heavy (non-hydrogen) atoms. The molecule has 0 fully saturated rings. The summed E-state index contributed by atoms with van der Waals surface area (Å²) in [6.07, 6.45) is 1.17. The van der Waals surface area contributed by atoms with E-state index in [0.29, 0.717) is 0 Å². The number of aromatic carboxylic acids is 1. The molecule has 1 rings (SSSR count). The summed E-state index contributed by atoms with van der Waals surface area (Å²) in [5.41, 5.74) is -0.152. The Hall–Kier alpha value is -1.62. The van der Waals surface area contributed by atoms with Gasteiger partial charge in [0.15, 0.2) is 0 Å². The van der Waals surface area contributed by atoms with Gasteiger partial charge in [-0.1, -0.05) is 11.6 Å². The highest BCUT2D eigenvalue weighted by molar-refractivity contribution is 6.32. The first-order valence-corrected chi connectivity index (χ1v) is 4.50. The van der Waals surface area contributed by atoms with E-state index in [2.05, 4.69) is 9.72 Å². The van der Waals surface area contributed by atoms with E-state index in [0.717, 1.165) is 6.07 Å². The minimum Gasteiger partial charge on any atom is -0.478 e. The van der Waals surface area contributed by atoms with Gasteiger partial charge in [0.25, 0.3) is 0 Å². The van der Waals surface area contributed by atoms with Crippen LogP contribution in [0.15, 0.2) is 12.3 Å². The average Bonchev–Trinajstić information content (AvgIpc) is 2.18. The number of halogens is 1. The number of nitrogens with zero attached hydrogens (tertiary/aromatic N) is 1. The molecule has 1 N–H and O–H groups in total. The van der Waals surface area contributed by atoms with Gasteiger partial charge in [-0.15, -0.1) is 0 Å². The molecule has 0 aliphatic heterocycles. The zero-order chi connectivity index (χ0) is 11.4. The van der Waals surface area contributed by atoms with Crippen molar-refractivity contribution in [3.8, 4) is 0 Å². The van der Waals surface area contributed by atoms with Crippen molar-refractivity contribution in [3.63, 3.8) is 0 Å². The quantitative estimate of drug-likeness (QED) is 0.629. The fourth-order valence-corrected chi connectivity index (χ4v) is 1.11. The first-order chi connectivity index (χ1) is 7.06. The van der Waals surface area contributed by atoms with Crippen molar-refractivity contribution >= 4 is 23.5 Å². The summed E-state index contributed by atoms with van der Waals surface area (Å²) in [5.74, 6) is -1.86. The van der Waals surface area contributed by atoms with Crippen molar-refractivity contribution in [2.24, 2.45) is 0 Å². The molecule has 0 amide bonds. The highest BCUT2D eigenvalue weighted by Crippen LogP contribution is 2.14. The van der Waals surface area contributed by atoms with Crippen LogP contribution in [0.4, 0.5) is 0 Å². The number of ether oxygens (including phenoxy) is 1. The van der Waals surface area contributed by atoms with Gasteiger partial charge in [0.05, 0.1) is 17.7 Å². The minimum absolute atomic E-state index is 0.0682. The molecule has 5 nitrogen and oxygen atoms in total. The van der Waals surface area contributed by atoms with Crippen LogP contribution in [0.2, 0.25) is 5.15 Å². The van der Waals surface area contributed by atoms with Crippen LogP contribution in [0.1, 0.15) is 27.6 Å². The van der Waals surface area contributed by atoms with Gasteiger partial charge >= 0.3 is 11.9 Å². The molecule has 0 aromatic carbocycles. The van der Waals surface area contributed by atoms with Crippen molar-refractivity contribution in [1.29, 1.82) is 0 Å². The topological polar surface area (TPSA) is 76.5 Å². The van der Waals surface area contributed by atoms with Crippen LogP contribution < -0.4 is 0 Å². The molecule has 0 radical (unpaired) electrons. The number of carboxylic acid groups (broad SMARTS) is 1. The van der Waals surface area contributed by atoms with Gasteiger partial charge in [-0.3, -0.25) is 0 Å². The van der Waals surface area contributed by atoms with Crippen LogP contribution in [-0.2, 0) is 4.74 Å². The zero-order valence-corrected chi connectivity index (χ0v) is 8.61. The maximum Gasteiger partial charge on any atom is 0.339 e. The maximum atomic E-state index is 11.2. The molecular formula is C9H8ClNO4. The average molecular weight is 230 g/mol. The molecule has 1 heterocycles. The van der Waals surface area contributed by atoms with E-state index in [-0.39, 0.29) is 22.9 Å². The van der Waals surface area contributed by atoms with E-state index in [4.69, 9.17) is 16.7 Å². The molecule has 0 aliphatic rings. The van der Waals surface area contributed by atoms with Gasteiger partial charge < -0.3 is 9.84 Å². The maximum absolute atomic E-state index is 11.2. The Kier molecular flexibility index (Phi) is 3.62. The van der Waals surface area contributed by atoms with Gasteiger partial charge in [0.1, 0.15) is 5.15 Å². The second kappa shape index (κ2) is 4.75. The highest BCUT2D eigenvalue weighted by atomic mass is 35.5. The predicted octanol–water partition coefficient (Wildman–Crippen LogP) is 1.61. The zero-order valence-electron chi connectivity index (χ0n) is 7.86. The number of carbonyl (C=O) groups is 2. The normalized spacial score (nSPS) is 9.73. The number of carbonyl (C=O) groups excluding carboxylic acids is 1. The van der Waals surface area contributed by atoms with Gasteiger partial charge in [-0.25, -0.2) is 14.6 Å². The molecule has 1 aromatic rings. The molecule has 0 atom stereocenters. The molecule has 0 aliphatic carbocycles. The van der Waals surface area contributed by atoms with E-state index in [9.17, 15) is 9.59 Å². The number of rotatable bonds is 3. The number of hydrogen-bond acceptors (Lipinski definition) is 4. The molecule has 0 spiro atoms. The lowest BCUT2D eigenvalue weighted by Crippen LogP contribution is -2.08. The summed E-state index contributed by atoms with van der Waals surface area (Å²) < 4.78 is 4.69. The molecule has 0 unspecified atom stereocenters. The van der Waals surface area contributed by atoms with Crippen molar-refractivity contribution in [2.45, 2.75) is 6.92 Å². The monoisotopic (exact) mass is 229 g/mol. The largest absolute Gasteiger partial charge is 0.478 e. The number of esters is 1. The Balaban J connectivity index is 3.07. The van der Waals surface area contributed by atoms with Crippen molar-refractivity contribution in [2.75, 3.05) is 6.61 Å². The predicted molar refractivity (Wildman–Crippen MR) is 52.2 cm³/mol. The summed E-state index contributed by atoms with van der Waals surface area (Å²) >= 11 is 5.53. The van der Waals surface area contributed by atoms with E-state index in [1.165, 1.54) is 6.20 Å².